The maximum Gasteiger partial charge on any atom is 0.275 e. The first-order valence-corrected chi connectivity index (χ1v) is 17.4. The molecule has 1 aromatic heterocycles. The van der Waals surface area contributed by atoms with Gasteiger partial charge >= 0.3 is 0 Å². The third-order valence-electron chi connectivity index (χ3n) is 7.49. The number of carbonyl (C=O) groups is 4. The average Bonchev–Trinajstić information content (AvgIpc) is 3.49. The molecule has 0 saturated carbocycles. The Kier molecular flexibility index (Phi) is 11.7. The molecule has 240 valence electrons. The molecule has 9 nitrogen and oxygen atoms in total. The number of aromatic nitrogens is 1. The Bertz CT molecular complexity index is 1520. The van der Waals surface area contributed by atoms with Crippen molar-refractivity contribution in [2.75, 3.05) is 30.9 Å². The lowest BCUT2D eigenvalue weighted by Crippen LogP contribution is -2.53. The van der Waals surface area contributed by atoms with Gasteiger partial charge in [0.1, 0.15) is 16.7 Å². The van der Waals surface area contributed by atoms with Gasteiger partial charge in [-0.15, -0.1) is 11.3 Å². The van der Waals surface area contributed by atoms with Crippen LogP contribution in [0.1, 0.15) is 66.3 Å². The summed E-state index contributed by atoms with van der Waals surface area (Å²) in [6, 6.07) is 13.0. The number of fused-ring (bicyclic) bond motifs is 3. The molecule has 0 spiro atoms. The Morgan fingerprint density at radius 2 is 1.78 bits per heavy atom. The Balaban J connectivity index is 1.79. The van der Waals surface area contributed by atoms with Crippen molar-refractivity contribution in [3.05, 3.63) is 80.8 Å². The van der Waals surface area contributed by atoms with Crippen LogP contribution in [0.2, 0.25) is 5.02 Å². The summed E-state index contributed by atoms with van der Waals surface area (Å²) in [4.78, 5) is 62.7. The van der Waals surface area contributed by atoms with Crippen LogP contribution >= 0.6 is 34.7 Å². The molecule has 0 aliphatic carbocycles. The van der Waals surface area contributed by atoms with E-state index in [0.717, 1.165) is 11.3 Å². The van der Waals surface area contributed by atoms with Crippen LogP contribution < -0.4 is 10.6 Å². The van der Waals surface area contributed by atoms with Gasteiger partial charge in [0.2, 0.25) is 17.7 Å². The van der Waals surface area contributed by atoms with Crippen molar-refractivity contribution in [1.82, 2.24) is 20.1 Å². The Morgan fingerprint density at radius 1 is 1.07 bits per heavy atom. The van der Waals surface area contributed by atoms with E-state index in [1.807, 2.05) is 39.2 Å². The first kappa shape index (κ1) is 34.5. The molecule has 4 amide bonds. The summed E-state index contributed by atoms with van der Waals surface area (Å²) in [5.41, 5.74) is 1.84. The average molecular weight is 670 g/mol. The van der Waals surface area contributed by atoms with Gasteiger partial charge in [-0.25, -0.2) is 4.98 Å². The number of amides is 4. The molecule has 1 aliphatic heterocycles. The quantitative estimate of drug-likeness (QED) is 0.343. The summed E-state index contributed by atoms with van der Waals surface area (Å²) in [6.45, 7) is 5.98. The number of likely N-dealkylation sites (N-methyl/N-ethyl adjacent to an activating group) is 1. The molecule has 0 unspecified atom stereocenters. The van der Waals surface area contributed by atoms with Crippen LogP contribution in [-0.4, -0.2) is 70.1 Å². The monoisotopic (exact) mass is 669 g/mol. The third-order valence-corrected chi connectivity index (χ3v) is 9.34. The van der Waals surface area contributed by atoms with E-state index in [1.54, 1.807) is 60.6 Å². The van der Waals surface area contributed by atoms with Crippen LogP contribution in [-0.2, 0) is 27.3 Å². The Labute approximate surface area is 278 Å². The number of benzene rings is 2. The van der Waals surface area contributed by atoms with Crippen molar-refractivity contribution in [2.45, 2.75) is 58.7 Å². The normalized spacial score (nSPS) is 18.7. The molecular weight excluding hydrogens is 630 g/mol. The van der Waals surface area contributed by atoms with Crippen molar-refractivity contribution in [2.24, 2.45) is 5.41 Å². The van der Waals surface area contributed by atoms with E-state index in [1.165, 1.54) is 21.1 Å². The number of thioether (sulfide) groups is 1. The van der Waals surface area contributed by atoms with Crippen LogP contribution in [0.25, 0.3) is 0 Å². The van der Waals surface area contributed by atoms with E-state index in [2.05, 4.69) is 15.6 Å². The van der Waals surface area contributed by atoms with Gasteiger partial charge in [0.15, 0.2) is 0 Å². The number of rotatable bonds is 6. The molecule has 4 rings (SSSR count). The van der Waals surface area contributed by atoms with Crippen LogP contribution in [0.15, 0.2) is 53.9 Å². The molecule has 3 aromatic rings. The SMILES string of the molecule is CSCC[C@H]1NC(=O)CN(Cc2ccc(Cl)cc2)C(=O)[C@H](CC(C)(C)C)N(C)C(=O)Cc2ccccc2NC(=O)c2csc1n2. The number of nitrogens with zero attached hydrogens (tertiary/aromatic N) is 3. The predicted molar refractivity (Wildman–Crippen MR) is 182 cm³/mol. The van der Waals surface area contributed by atoms with E-state index in [0.29, 0.717) is 34.1 Å². The van der Waals surface area contributed by atoms with Gasteiger partial charge in [-0.1, -0.05) is 62.7 Å². The van der Waals surface area contributed by atoms with Gasteiger partial charge in [0.25, 0.3) is 5.91 Å². The molecule has 0 fully saturated rings. The Hall–Kier alpha value is -3.41. The summed E-state index contributed by atoms with van der Waals surface area (Å²) in [6.07, 6.45) is 2.93. The number of carbonyl (C=O) groups excluding carboxylic acids is 4. The molecule has 2 aromatic carbocycles. The van der Waals surface area contributed by atoms with E-state index >= 15 is 0 Å². The highest BCUT2D eigenvalue weighted by Gasteiger charge is 2.35. The topological polar surface area (TPSA) is 112 Å². The van der Waals surface area contributed by atoms with Gasteiger partial charge in [-0.3, -0.25) is 19.2 Å². The van der Waals surface area contributed by atoms with Crippen LogP contribution in [0.5, 0.6) is 0 Å². The lowest BCUT2D eigenvalue weighted by atomic mass is 9.86. The highest BCUT2D eigenvalue weighted by molar-refractivity contribution is 7.98. The van der Waals surface area contributed by atoms with E-state index in [-0.39, 0.29) is 48.3 Å². The zero-order valence-corrected chi connectivity index (χ0v) is 28.7. The van der Waals surface area contributed by atoms with E-state index < -0.39 is 18.0 Å². The molecule has 45 heavy (non-hydrogen) atoms. The minimum Gasteiger partial charge on any atom is -0.345 e. The molecule has 1 aliphatic rings. The summed E-state index contributed by atoms with van der Waals surface area (Å²) in [7, 11) is 1.63. The number of para-hydroxylation sites is 1. The van der Waals surface area contributed by atoms with Crippen LogP contribution in [0, 0.1) is 5.41 Å². The number of hydrogen-bond donors (Lipinski definition) is 2. The number of nitrogens with one attached hydrogen (secondary N) is 2. The second-order valence-electron chi connectivity index (χ2n) is 12.4. The Morgan fingerprint density at radius 3 is 2.47 bits per heavy atom. The molecular formula is C33H40ClN5O4S2. The summed E-state index contributed by atoms with van der Waals surface area (Å²) in [5, 5.41) is 8.82. The predicted octanol–water partition coefficient (Wildman–Crippen LogP) is 5.81. The highest BCUT2D eigenvalue weighted by atomic mass is 35.5. The minimum atomic E-state index is -0.830. The molecule has 0 saturated heterocycles. The van der Waals surface area contributed by atoms with Crippen molar-refractivity contribution in [3.63, 3.8) is 0 Å². The molecule has 2 heterocycles. The lowest BCUT2D eigenvalue weighted by molar-refractivity contribution is -0.147. The van der Waals surface area contributed by atoms with Crippen molar-refractivity contribution < 1.29 is 19.2 Å². The standard InChI is InChI=1S/C33H40ClN5O4S2/c1-33(2,3)17-27-32(43)39(18-21-10-12-23(34)13-11-21)19-28(40)35-25(14-15-44-5)31-37-26(20-45-31)30(42)36-24-9-7-6-8-22(24)16-29(41)38(27)4/h6-13,20,25,27H,14-19H2,1-5H3,(H,35,40)(H,36,42)/t25-,27+/m1/s1. The van der Waals surface area contributed by atoms with E-state index in [9.17, 15) is 19.2 Å². The zero-order valence-electron chi connectivity index (χ0n) is 26.3. The lowest BCUT2D eigenvalue weighted by Gasteiger charge is -2.36. The highest BCUT2D eigenvalue weighted by Crippen LogP contribution is 2.28. The van der Waals surface area contributed by atoms with Gasteiger partial charge in [-0.2, -0.15) is 11.8 Å². The van der Waals surface area contributed by atoms with Crippen LogP contribution in [0.3, 0.4) is 0 Å². The van der Waals surface area contributed by atoms with Crippen molar-refractivity contribution in [1.29, 1.82) is 0 Å². The van der Waals surface area contributed by atoms with Gasteiger partial charge in [-0.05, 0) is 59.6 Å². The molecule has 2 atom stereocenters. The number of thiazole rings is 1. The van der Waals surface area contributed by atoms with Crippen molar-refractivity contribution in [3.8, 4) is 0 Å². The summed E-state index contributed by atoms with van der Waals surface area (Å²) in [5.74, 6) is -0.612. The number of hydrogen-bond acceptors (Lipinski definition) is 7. The second kappa shape index (κ2) is 15.2. The van der Waals surface area contributed by atoms with Gasteiger partial charge < -0.3 is 20.4 Å². The first-order valence-electron chi connectivity index (χ1n) is 14.8. The second-order valence-corrected chi connectivity index (χ2v) is 14.7. The molecule has 2 bridgehead atoms. The molecule has 0 radical (unpaired) electrons. The third kappa shape index (κ3) is 9.54. The number of halogens is 1. The minimum absolute atomic E-state index is 0.0301. The summed E-state index contributed by atoms with van der Waals surface area (Å²) >= 11 is 9.07. The van der Waals surface area contributed by atoms with Crippen LogP contribution in [0.4, 0.5) is 5.69 Å². The van der Waals surface area contributed by atoms with Crippen molar-refractivity contribution >= 4 is 64.0 Å². The number of anilines is 1. The van der Waals surface area contributed by atoms with Gasteiger partial charge in [0, 0.05) is 29.7 Å². The fourth-order valence-corrected chi connectivity index (χ4v) is 6.59. The summed E-state index contributed by atoms with van der Waals surface area (Å²) < 4.78 is 0. The maximum absolute atomic E-state index is 14.4. The first-order chi connectivity index (χ1) is 21.3. The molecule has 12 heteroatoms. The fourth-order valence-electron chi connectivity index (χ4n) is 5.11. The largest absolute Gasteiger partial charge is 0.345 e. The fraction of sp³-hybridized carbons (Fsp3) is 0.424. The molecule has 2 N–H and O–H groups in total. The van der Waals surface area contributed by atoms with Gasteiger partial charge in [0.05, 0.1) is 19.0 Å². The zero-order chi connectivity index (χ0) is 32.7. The van der Waals surface area contributed by atoms with E-state index in [4.69, 9.17) is 11.6 Å². The maximum atomic E-state index is 14.4. The smallest absolute Gasteiger partial charge is 0.275 e.